The molecule has 5 nitrogen and oxygen atoms in total. The Labute approximate surface area is 147 Å². The highest BCUT2D eigenvalue weighted by atomic mass is 32.1. The quantitative estimate of drug-likeness (QED) is 0.907. The normalized spacial score (nSPS) is 31.3. The maximum absolute atomic E-state index is 12.9. The molecular formula is C18H27N3O2S. The molecule has 4 rings (SSSR count). The lowest BCUT2D eigenvalue weighted by Crippen LogP contribution is -2.53. The minimum Gasteiger partial charge on any atom is -0.377 e. The molecular weight excluding hydrogens is 322 g/mol. The Morgan fingerprint density at radius 1 is 1.38 bits per heavy atom. The highest BCUT2D eigenvalue weighted by molar-refractivity contribution is 7.09. The fourth-order valence-corrected chi connectivity index (χ4v) is 5.34. The highest BCUT2D eigenvalue weighted by Gasteiger charge is 2.44. The number of aromatic nitrogens is 1. The summed E-state index contributed by atoms with van der Waals surface area (Å²) < 4.78 is 5.95. The van der Waals surface area contributed by atoms with Crippen LogP contribution in [0.15, 0.2) is 5.51 Å². The summed E-state index contributed by atoms with van der Waals surface area (Å²) in [6.45, 7) is 5.54. The van der Waals surface area contributed by atoms with E-state index in [4.69, 9.17) is 4.74 Å². The van der Waals surface area contributed by atoms with Gasteiger partial charge in [-0.25, -0.2) is 4.98 Å². The van der Waals surface area contributed by atoms with E-state index in [9.17, 15) is 4.79 Å². The number of carbonyl (C=O) groups is 1. The highest BCUT2D eigenvalue weighted by Crippen LogP contribution is 2.35. The first kappa shape index (κ1) is 16.5. The minimum atomic E-state index is 0.0695. The standard InChI is InChI=1S/C18H27N3O2S/c1-12-17(24-11-19-12)10-21-8-15(14-6-7-23-16(14)9-21)18(22)20-13-4-2-3-5-13/h11,13-16H,2-10H2,1H3,(H,20,22)/t14-,15-,16+/m1/s1. The zero-order valence-corrected chi connectivity index (χ0v) is 15.2. The molecule has 3 fully saturated rings. The van der Waals surface area contributed by atoms with Crippen molar-refractivity contribution >= 4 is 17.2 Å². The van der Waals surface area contributed by atoms with Crippen LogP contribution in [0.2, 0.25) is 0 Å². The summed E-state index contributed by atoms with van der Waals surface area (Å²) in [5.41, 5.74) is 3.02. The van der Waals surface area contributed by atoms with Crippen molar-refractivity contribution in [2.45, 2.75) is 57.7 Å². The third-order valence-corrected chi connectivity index (χ3v) is 6.84. The monoisotopic (exact) mass is 349 g/mol. The van der Waals surface area contributed by atoms with Crippen molar-refractivity contribution in [3.05, 3.63) is 16.1 Å². The van der Waals surface area contributed by atoms with Gasteiger partial charge in [0.25, 0.3) is 0 Å². The molecule has 0 unspecified atom stereocenters. The van der Waals surface area contributed by atoms with Crippen LogP contribution in [0.4, 0.5) is 0 Å². The Bertz CT molecular complexity index is 585. The lowest BCUT2D eigenvalue weighted by atomic mass is 9.82. The maximum atomic E-state index is 12.9. The summed E-state index contributed by atoms with van der Waals surface area (Å²) in [6, 6.07) is 0.400. The Balaban J connectivity index is 1.44. The van der Waals surface area contributed by atoms with Crippen LogP contribution in [0, 0.1) is 18.8 Å². The SMILES string of the molecule is Cc1ncsc1CN1C[C@@H]2OCC[C@@H]2[C@H](C(=O)NC2CCCC2)C1. The molecule has 0 bridgehead atoms. The van der Waals surface area contributed by atoms with E-state index in [0.717, 1.165) is 51.2 Å². The van der Waals surface area contributed by atoms with Crippen LogP contribution >= 0.6 is 11.3 Å². The fourth-order valence-electron chi connectivity index (χ4n) is 4.52. The van der Waals surface area contributed by atoms with E-state index in [2.05, 4.69) is 22.1 Å². The van der Waals surface area contributed by atoms with Crippen molar-refractivity contribution in [1.82, 2.24) is 15.2 Å². The summed E-state index contributed by atoms with van der Waals surface area (Å²) in [6.07, 6.45) is 6.04. The molecule has 2 saturated heterocycles. The van der Waals surface area contributed by atoms with Gasteiger partial charge in [0.05, 0.1) is 23.2 Å². The molecule has 1 N–H and O–H groups in total. The molecule has 132 valence electrons. The van der Waals surface area contributed by atoms with Gasteiger partial charge in [-0.1, -0.05) is 12.8 Å². The molecule has 2 aliphatic heterocycles. The molecule has 6 heteroatoms. The maximum Gasteiger partial charge on any atom is 0.225 e. The second kappa shape index (κ2) is 7.10. The van der Waals surface area contributed by atoms with Crippen LogP contribution in [-0.2, 0) is 16.1 Å². The van der Waals surface area contributed by atoms with Crippen LogP contribution in [-0.4, -0.2) is 47.6 Å². The van der Waals surface area contributed by atoms with Gasteiger partial charge in [0.15, 0.2) is 0 Å². The first-order valence-electron chi connectivity index (χ1n) is 9.24. The number of rotatable bonds is 4. The fraction of sp³-hybridized carbons (Fsp3) is 0.778. The molecule has 1 aromatic heterocycles. The molecule has 0 aromatic carbocycles. The number of amides is 1. The smallest absolute Gasteiger partial charge is 0.225 e. The van der Waals surface area contributed by atoms with E-state index in [0.29, 0.717) is 12.0 Å². The average Bonchev–Trinajstić information content (AvgIpc) is 3.30. The number of carbonyl (C=O) groups excluding carboxylic acids is 1. The molecule has 1 aliphatic carbocycles. The number of hydrogen-bond donors (Lipinski definition) is 1. The van der Waals surface area contributed by atoms with Gasteiger partial charge in [0, 0.05) is 43.1 Å². The lowest BCUT2D eigenvalue weighted by molar-refractivity contribution is -0.131. The van der Waals surface area contributed by atoms with E-state index in [1.807, 2.05) is 5.51 Å². The van der Waals surface area contributed by atoms with Crippen LogP contribution in [0.3, 0.4) is 0 Å². The second-order valence-corrected chi connectivity index (χ2v) is 8.45. The lowest BCUT2D eigenvalue weighted by Gasteiger charge is -2.39. The Morgan fingerprint density at radius 2 is 2.21 bits per heavy atom. The first-order chi connectivity index (χ1) is 11.7. The van der Waals surface area contributed by atoms with Crippen LogP contribution in [0.1, 0.15) is 42.7 Å². The van der Waals surface area contributed by atoms with Crippen molar-refractivity contribution in [3.63, 3.8) is 0 Å². The van der Waals surface area contributed by atoms with E-state index in [-0.39, 0.29) is 17.9 Å². The van der Waals surface area contributed by atoms with Crippen molar-refractivity contribution in [2.75, 3.05) is 19.7 Å². The zero-order valence-electron chi connectivity index (χ0n) is 14.4. The molecule has 1 amide bonds. The van der Waals surface area contributed by atoms with Crippen molar-refractivity contribution in [2.24, 2.45) is 11.8 Å². The number of hydrogen-bond acceptors (Lipinski definition) is 5. The van der Waals surface area contributed by atoms with Gasteiger partial charge in [0.2, 0.25) is 5.91 Å². The summed E-state index contributed by atoms with van der Waals surface area (Å²) in [5, 5.41) is 3.32. The van der Waals surface area contributed by atoms with Gasteiger partial charge in [-0.05, 0) is 26.2 Å². The van der Waals surface area contributed by atoms with E-state index in [1.54, 1.807) is 11.3 Å². The summed E-state index contributed by atoms with van der Waals surface area (Å²) in [5.74, 6) is 0.721. The third-order valence-electron chi connectivity index (χ3n) is 5.92. The largest absolute Gasteiger partial charge is 0.377 e. The summed E-state index contributed by atoms with van der Waals surface area (Å²) >= 11 is 1.71. The number of fused-ring (bicyclic) bond motifs is 1. The number of piperidine rings is 1. The topological polar surface area (TPSA) is 54.5 Å². The predicted molar refractivity (Wildman–Crippen MR) is 93.9 cm³/mol. The van der Waals surface area contributed by atoms with E-state index >= 15 is 0 Å². The van der Waals surface area contributed by atoms with Crippen LogP contribution < -0.4 is 5.32 Å². The third kappa shape index (κ3) is 3.37. The molecule has 1 saturated carbocycles. The zero-order chi connectivity index (χ0) is 16.5. The van der Waals surface area contributed by atoms with Crippen LogP contribution in [0.5, 0.6) is 0 Å². The molecule has 0 radical (unpaired) electrons. The van der Waals surface area contributed by atoms with Crippen molar-refractivity contribution in [1.29, 1.82) is 0 Å². The number of aryl methyl sites for hydroxylation is 1. The molecule has 3 aliphatic rings. The molecule has 3 heterocycles. The van der Waals surface area contributed by atoms with Crippen LogP contribution in [0.25, 0.3) is 0 Å². The second-order valence-electron chi connectivity index (χ2n) is 7.51. The molecule has 1 aromatic rings. The Kier molecular flexibility index (Phi) is 4.88. The number of likely N-dealkylation sites (tertiary alicyclic amines) is 1. The first-order valence-corrected chi connectivity index (χ1v) is 10.1. The Morgan fingerprint density at radius 3 is 2.96 bits per heavy atom. The molecule has 0 spiro atoms. The van der Waals surface area contributed by atoms with Crippen molar-refractivity contribution in [3.8, 4) is 0 Å². The van der Waals surface area contributed by atoms with Crippen molar-refractivity contribution < 1.29 is 9.53 Å². The predicted octanol–water partition coefficient (Wildman–Crippen LogP) is 2.35. The molecule has 24 heavy (non-hydrogen) atoms. The van der Waals surface area contributed by atoms with Gasteiger partial charge in [-0.2, -0.15) is 0 Å². The van der Waals surface area contributed by atoms with Gasteiger partial charge < -0.3 is 10.1 Å². The van der Waals surface area contributed by atoms with Gasteiger partial charge in [-0.3, -0.25) is 9.69 Å². The summed E-state index contributed by atoms with van der Waals surface area (Å²) in [4.78, 5) is 21.0. The van der Waals surface area contributed by atoms with Gasteiger partial charge >= 0.3 is 0 Å². The average molecular weight is 350 g/mol. The number of ether oxygens (including phenoxy) is 1. The molecule has 3 atom stereocenters. The van der Waals surface area contributed by atoms with Gasteiger partial charge in [0.1, 0.15) is 0 Å². The van der Waals surface area contributed by atoms with Gasteiger partial charge in [-0.15, -0.1) is 11.3 Å². The number of thiazole rings is 1. The Hall–Kier alpha value is -0.980. The number of nitrogens with one attached hydrogen (secondary N) is 1. The number of nitrogens with zero attached hydrogens (tertiary/aromatic N) is 2. The minimum absolute atomic E-state index is 0.0695. The van der Waals surface area contributed by atoms with E-state index in [1.165, 1.54) is 17.7 Å². The summed E-state index contributed by atoms with van der Waals surface area (Å²) in [7, 11) is 0. The van der Waals surface area contributed by atoms with E-state index < -0.39 is 0 Å².